The van der Waals surface area contributed by atoms with Gasteiger partial charge in [0, 0.05) is 6.54 Å². The van der Waals surface area contributed by atoms with Gasteiger partial charge >= 0.3 is 0 Å². The maximum Gasteiger partial charge on any atom is 0.184 e. The summed E-state index contributed by atoms with van der Waals surface area (Å²) in [4.78, 5) is 4.38. The predicted octanol–water partition coefficient (Wildman–Crippen LogP) is 4.84. The lowest BCUT2D eigenvalue weighted by Crippen LogP contribution is -1.99. The molecule has 0 amide bonds. The maximum absolute atomic E-state index is 13.1. The van der Waals surface area contributed by atoms with Crippen LogP contribution in [0.2, 0.25) is 5.02 Å². The molecule has 0 atom stereocenters. The number of aromatic nitrogens is 1. The molecule has 0 saturated heterocycles. The van der Waals surface area contributed by atoms with Crippen LogP contribution in [0.1, 0.15) is 5.56 Å². The van der Waals surface area contributed by atoms with E-state index in [4.69, 9.17) is 11.6 Å². The molecule has 0 aliphatic heterocycles. The molecule has 1 aromatic heterocycles. The van der Waals surface area contributed by atoms with E-state index < -0.39 is 11.6 Å². The van der Waals surface area contributed by atoms with Crippen molar-refractivity contribution >= 4 is 38.3 Å². The zero-order valence-corrected chi connectivity index (χ0v) is 11.7. The average Bonchev–Trinajstić information content (AvgIpc) is 2.85. The van der Waals surface area contributed by atoms with Crippen molar-refractivity contribution in [1.29, 1.82) is 0 Å². The van der Waals surface area contributed by atoms with E-state index in [0.29, 0.717) is 22.3 Å². The fraction of sp³-hybridized carbons (Fsp3) is 0.0714. The van der Waals surface area contributed by atoms with Crippen LogP contribution in [-0.2, 0) is 6.54 Å². The minimum Gasteiger partial charge on any atom is -0.357 e. The molecule has 2 aromatic carbocycles. The number of anilines is 1. The largest absolute Gasteiger partial charge is 0.357 e. The van der Waals surface area contributed by atoms with E-state index >= 15 is 0 Å². The molecule has 0 unspecified atom stereocenters. The molecule has 0 saturated carbocycles. The molecular formula is C14H9ClF2N2S. The van der Waals surface area contributed by atoms with Crippen molar-refractivity contribution in [2.75, 3.05) is 5.32 Å². The zero-order valence-electron chi connectivity index (χ0n) is 10.2. The Labute approximate surface area is 123 Å². The Bertz CT molecular complexity index is 773. The van der Waals surface area contributed by atoms with Crippen LogP contribution in [0.3, 0.4) is 0 Å². The lowest BCUT2D eigenvalue weighted by molar-refractivity contribution is 0.507. The summed E-state index contributed by atoms with van der Waals surface area (Å²) in [5, 5.41) is 4.43. The van der Waals surface area contributed by atoms with E-state index in [1.807, 2.05) is 12.1 Å². The van der Waals surface area contributed by atoms with Crippen LogP contribution in [0.25, 0.3) is 10.2 Å². The number of thiazole rings is 1. The smallest absolute Gasteiger partial charge is 0.184 e. The Balaban J connectivity index is 1.79. The summed E-state index contributed by atoms with van der Waals surface area (Å²) in [6.45, 7) is 0.370. The molecule has 20 heavy (non-hydrogen) atoms. The normalized spacial score (nSPS) is 10.9. The van der Waals surface area contributed by atoms with Crippen LogP contribution in [-0.4, -0.2) is 4.98 Å². The summed E-state index contributed by atoms with van der Waals surface area (Å²) in [7, 11) is 0. The molecule has 1 N–H and O–H groups in total. The molecule has 1 heterocycles. The molecule has 0 fully saturated rings. The Morgan fingerprint density at radius 2 is 2.00 bits per heavy atom. The van der Waals surface area contributed by atoms with Crippen LogP contribution in [0.5, 0.6) is 0 Å². The summed E-state index contributed by atoms with van der Waals surface area (Å²) < 4.78 is 26.8. The highest BCUT2D eigenvalue weighted by atomic mass is 35.5. The van der Waals surface area contributed by atoms with E-state index in [0.717, 1.165) is 16.3 Å². The van der Waals surface area contributed by atoms with E-state index in [2.05, 4.69) is 10.3 Å². The van der Waals surface area contributed by atoms with Crippen molar-refractivity contribution in [2.24, 2.45) is 0 Å². The molecule has 2 nitrogen and oxygen atoms in total. The van der Waals surface area contributed by atoms with Gasteiger partial charge in [-0.25, -0.2) is 13.8 Å². The Morgan fingerprint density at radius 1 is 1.15 bits per heavy atom. The molecule has 6 heteroatoms. The molecule has 3 rings (SSSR count). The highest BCUT2D eigenvalue weighted by molar-refractivity contribution is 7.22. The zero-order chi connectivity index (χ0) is 14.1. The number of halogens is 3. The van der Waals surface area contributed by atoms with E-state index in [1.54, 1.807) is 6.07 Å². The molecular weight excluding hydrogens is 302 g/mol. The van der Waals surface area contributed by atoms with Gasteiger partial charge in [0.15, 0.2) is 16.8 Å². The van der Waals surface area contributed by atoms with Crippen LogP contribution in [0.4, 0.5) is 13.9 Å². The van der Waals surface area contributed by atoms with Gasteiger partial charge in [-0.3, -0.25) is 0 Å². The summed E-state index contributed by atoms with van der Waals surface area (Å²) in [6.07, 6.45) is 0. The number of rotatable bonds is 3. The number of hydrogen-bond donors (Lipinski definition) is 1. The molecule has 3 aromatic rings. The van der Waals surface area contributed by atoms with Gasteiger partial charge in [-0.05, 0) is 29.8 Å². The van der Waals surface area contributed by atoms with Gasteiger partial charge in [0.2, 0.25) is 0 Å². The molecule has 0 aliphatic rings. The number of nitrogens with zero attached hydrogens (tertiary/aromatic N) is 1. The van der Waals surface area contributed by atoms with Crippen LogP contribution >= 0.6 is 22.9 Å². The first-order valence-corrected chi connectivity index (χ1v) is 7.06. The minimum absolute atomic E-state index is 0.370. The third-order valence-electron chi connectivity index (χ3n) is 2.79. The number of fused-ring (bicyclic) bond motifs is 1. The van der Waals surface area contributed by atoms with Gasteiger partial charge in [0.25, 0.3) is 0 Å². The van der Waals surface area contributed by atoms with E-state index in [9.17, 15) is 8.78 Å². The summed E-state index contributed by atoms with van der Waals surface area (Å²) in [5.74, 6) is -1.70. The van der Waals surface area contributed by atoms with Gasteiger partial charge in [0.05, 0.1) is 15.2 Å². The quantitative estimate of drug-likeness (QED) is 0.748. The van der Waals surface area contributed by atoms with Crippen LogP contribution in [0, 0.1) is 11.6 Å². The minimum atomic E-state index is -0.850. The fourth-order valence-corrected chi connectivity index (χ4v) is 2.97. The van der Waals surface area contributed by atoms with Crippen LogP contribution in [0.15, 0.2) is 36.4 Å². The number of nitrogens with one attached hydrogen (secondary N) is 1. The van der Waals surface area contributed by atoms with Crippen molar-refractivity contribution in [2.45, 2.75) is 6.54 Å². The van der Waals surface area contributed by atoms with Crippen molar-refractivity contribution in [1.82, 2.24) is 4.98 Å². The molecule has 0 aliphatic carbocycles. The van der Waals surface area contributed by atoms with Gasteiger partial charge in [-0.1, -0.05) is 35.1 Å². The fourth-order valence-electron chi connectivity index (χ4n) is 1.82. The Morgan fingerprint density at radius 3 is 2.75 bits per heavy atom. The molecule has 0 radical (unpaired) electrons. The van der Waals surface area contributed by atoms with Crippen molar-refractivity contribution in [3.8, 4) is 0 Å². The summed E-state index contributed by atoms with van der Waals surface area (Å²) in [5.41, 5.74) is 1.46. The highest BCUT2D eigenvalue weighted by Crippen LogP contribution is 2.31. The third-order valence-corrected chi connectivity index (χ3v) is 4.28. The SMILES string of the molecule is Fc1ccc(CNc2nc3cccc(Cl)c3s2)cc1F. The molecule has 0 spiro atoms. The summed E-state index contributed by atoms with van der Waals surface area (Å²) >= 11 is 7.51. The maximum atomic E-state index is 13.1. The first kappa shape index (κ1) is 13.3. The monoisotopic (exact) mass is 310 g/mol. The van der Waals surface area contributed by atoms with E-state index in [-0.39, 0.29) is 0 Å². The standard InChI is InChI=1S/C14H9ClF2N2S/c15-9-2-1-3-12-13(9)20-14(19-12)18-7-8-4-5-10(16)11(17)6-8/h1-6H,7H2,(H,18,19). The van der Waals surface area contributed by atoms with Crippen molar-refractivity contribution < 1.29 is 8.78 Å². The molecule has 0 bridgehead atoms. The second kappa shape index (κ2) is 5.34. The molecule has 102 valence electrons. The predicted molar refractivity (Wildman–Crippen MR) is 78.3 cm³/mol. The van der Waals surface area contributed by atoms with Gasteiger partial charge in [-0.15, -0.1) is 0 Å². The number of benzene rings is 2. The van der Waals surface area contributed by atoms with Crippen LogP contribution < -0.4 is 5.32 Å². The number of hydrogen-bond acceptors (Lipinski definition) is 3. The van der Waals surface area contributed by atoms with E-state index in [1.165, 1.54) is 23.5 Å². The second-order valence-corrected chi connectivity index (χ2v) is 5.62. The third kappa shape index (κ3) is 2.59. The lowest BCUT2D eigenvalue weighted by Gasteiger charge is -2.03. The van der Waals surface area contributed by atoms with Crippen molar-refractivity contribution in [3.05, 3.63) is 58.6 Å². The Hall–Kier alpha value is -1.72. The van der Waals surface area contributed by atoms with Gasteiger partial charge in [0.1, 0.15) is 0 Å². The van der Waals surface area contributed by atoms with Crippen molar-refractivity contribution in [3.63, 3.8) is 0 Å². The average molecular weight is 311 g/mol. The summed E-state index contributed by atoms with van der Waals surface area (Å²) in [6, 6.07) is 9.33. The Kier molecular flexibility index (Phi) is 3.54. The second-order valence-electron chi connectivity index (χ2n) is 4.21. The lowest BCUT2D eigenvalue weighted by atomic mass is 10.2. The highest BCUT2D eigenvalue weighted by Gasteiger charge is 2.07. The first-order chi connectivity index (χ1) is 9.63. The van der Waals surface area contributed by atoms with Gasteiger partial charge < -0.3 is 5.32 Å². The topological polar surface area (TPSA) is 24.9 Å². The van der Waals surface area contributed by atoms with Gasteiger partial charge in [-0.2, -0.15) is 0 Å². The first-order valence-electron chi connectivity index (χ1n) is 5.86.